The van der Waals surface area contributed by atoms with Crippen molar-refractivity contribution < 1.29 is 9.84 Å². The SMILES string of the molecule is Cc1cc(OCNCO)c(C)c(C)c1C. The fourth-order valence-corrected chi connectivity index (χ4v) is 1.50. The van der Waals surface area contributed by atoms with E-state index in [1.54, 1.807) is 0 Å². The molecule has 0 unspecified atom stereocenters. The standard InChI is InChI=1S/C12H19NO2/c1-8-5-12(15-7-13-6-14)11(4)10(3)9(8)2/h5,13-14H,6-7H2,1-4H3. The molecule has 0 saturated carbocycles. The van der Waals surface area contributed by atoms with E-state index in [1.165, 1.54) is 16.7 Å². The predicted molar refractivity (Wildman–Crippen MR) is 61.1 cm³/mol. The van der Waals surface area contributed by atoms with Gasteiger partial charge in [0.05, 0.1) is 6.73 Å². The molecule has 2 N–H and O–H groups in total. The summed E-state index contributed by atoms with van der Waals surface area (Å²) in [5, 5.41) is 11.3. The molecule has 0 aliphatic carbocycles. The average molecular weight is 209 g/mol. The van der Waals surface area contributed by atoms with Gasteiger partial charge in [0.15, 0.2) is 0 Å². The van der Waals surface area contributed by atoms with Crippen LogP contribution in [0.15, 0.2) is 6.07 Å². The van der Waals surface area contributed by atoms with Gasteiger partial charge < -0.3 is 9.84 Å². The molecular weight excluding hydrogens is 190 g/mol. The maximum atomic E-state index is 8.58. The van der Waals surface area contributed by atoms with E-state index >= 15 is 0 Å². The lowest BCUT2D eigenvalue weighted by Gasteiger charge is -2.15. The van der Waals surface area contributed by atoms with Crippen LogP contribution in [0.1, 0.15) is 22.3 Å². The third kappa shape index (κ3) is 2.70. The first-order valence-electron chi connectivity index (χ1n) is 5.09. The molecule has 0 atom stereocenters. The van der Waals surface area contributed by atoms with Gasteiger partial charge >= 0.3 is 0 Å². The molecule has 0 radical (unpaired) electrons. The van der Waals surface area contributed by atoms with Crippen LogP contribution < -0.4 is 10.1 Å². The van der Waals surface area contributed by atoms with Crippen LogP contribution in [0.25, 0.3) is 0 Å². The number of hydrogen-bond acceptors (Lipinski definition) is 3. The van der Waals surface area contributed by atoms with Crippen LogP contribution >= 0.6 is 0 Å². The van der Waals surface area contributed by atoms with Gasteiger partial charge in [0.2, 0.25) is 0 Å². The van der Waals surface area contributed by atoms with Gasteiger partial charge in [-0.3, -0.25) is 5.32 Å². The van der Waals surface area contributed by atoms with Gasteiger partial charge in [0.25, 0.3) is 0 Å². The molecule has 0 spiro atoms. The Bertz CT molecular complexity index is 348. The lowest BCUT2D eigenvalue weighted by atomic mass is 9.99. The summed E-state index contributed by atoms with van der Waals surface area (Å²) in [6, 6.07) is 2.04. The van der Waals surface area contributed by atoms with Crippen molar-refractivity contribution in [2.45, 2.75) is 27.7 Å². The molecule has 1 aromatic carbocycles. The quantitative estimate of drug-likeness (QED) is 0.587. The predicted octanol–water partition coefficient (Wildman–Crippen LogP) is 1.80. The summed E-state index contributed by atoms with van der Waals surface area (Å²) < 4.78 is 5.52. The number of aliphatic hydroxyl groups excluding tert-OH is 1. The molecule has 0 saturated heterocycles. The largest absolute Gasteiger partial charge is 0.478 e. The Morgan fingerprint density at radius 2 is 1.80 bits per heavy atom. The highest BCUT2D eigenvalue weighted by molar-refractivity contribution is 5.47. The van der Waals surface area contributed by atoms with Crippen LogP contribution in [0.5, 0.6) is 5.75 Å². The molecule has 1 aromatic rings. The van der Waals surface area contributed by atoms with Crippen molar-refractivity contribution in [3.63, 3.8) is 0 Å². The van der Waals surface area contributed by atoms with E-state index in [4.69, 9.17) is 9.84 Å². The minimum atomic E-state index is -0.0666. The summed E-state index contributed by atoms with van der Waals surface area (Å²) in [6.45, 7) is 8.61. The lowest BCUT2D eigenvalue weighted by Crippen LogP contribution is -2.21. The lowest BCUT2D eigenvalue weighted by molar-refractivity contribution is 0.197. The van der Waals surface area contributed by atoms with Gasteiger partial charge in [-0.05, 0) is 56.0 Å². The first-order valence-corrected chi connectivity index (χ1v) is 5.09. The van der Waals surface area contributed by atoms with Gasteiger partial charge in [0, 0.05) is 0 Å². The van der Waals surface area contributed by atoms with Crippen molar-refractivity contribution >= 4 is 0 Å². The van der Waals surface area contributed by atoms with Gasteiger partial charge in [-0.1, -0.05) is 0 Å². The Labute approximate surface area is 91.1 Å². The minimum Gasteiger partial charge on any atom is -0.478 e. The van der Waals surface area contributed by atoms with E-state index in [9.17, 15) is 0 Å². The molecule has 0 amide bonds. The van der Waals surface area contributed by atoms with Crippen molar-refractivity contribution in [2.24, 2.45) is 0 Å². The first-order chi connectivity index (χ1) is 7.07. The first kappa shape index (κ1) is 12.0. The number of rotatable bonds is 4. The molecule has 0 aliphatic rings. The number of hydrogen-bond donors (Lipinski definition) is 2. The molecule has 0 aromatic heterocycles. The summed E-state index contributed by atoms with van der Waals surface area (Å²) in [6.07, 6.45) is 0. The van der Waals surface area contributed by atoms with Crippen molar-refractivity contribution in [3.8, 4) is 5.75 Å². The van der Waals surface area contributed by atoms with Crippen LogP contribution in [0.3, 0.4) is 0 Å². The Kier molecular flexibility index (Phi) is 4.12. The number of ether oxygens (including phenoxy) is 1. The normalized spacial score (nSPS) is 10.5. The van der Waals surface area contributed by atoms with Gasteiger partial charge in [0.1, 0.15) is 12.5 Å². The van der Waals surface area contributed by atoms with E-state index in [-0.39, 0.29) is 6.73 Å². The summed E-state index contributed by atoms with van der Waals surface area (Å²) in [7, 11) is 0. The second-order valence-corrected chi connectivity index (χ2v) is 3.76. The number of benzene rings is 1. The summed E-state index contributed by atoms with van der Waals surface area (Å²) in [5.74, 6) is 0.886. The number of nitrogens with one attached hydrogen (secondary N) is 1. The number of aryl methyl sites for hydroxylation is 1. The molecule has 3 nitrogen and oxygen atoms in total. The summed E-state index contributed by atoms with van der Waals surface area (Å²) >= 11 is 0. The molecular formula is C12H19NO2. The van der Waals surface area contributed by atoms with Crippen molar-refractivity contribution in [3.05, 3.63) is 28.3 Å². The third-order valence-corrected chi connectivity index (χ3v) is 2.88. The van der Waals surface area contributed by atoms with Crippen LogP contribution in [-0.2, 0) is 0 Å². The highest BCUT2D eigenvalue weighted by Crippen LogP contribution is 2.26. The van der Waals surface area contributed by atoms with E-state index in [0.717, 1.165) is 11.3 Å². The average Bonchev–Trinajstić information content (AvgIpc) is 2.23. The second-order valence-electron chi connectivity index (χ2n) is 3.76. The molecule has 1 rings (SSSR count). The molecule has 0 fully saturated rings. The third-order valence-electron chi connectivity index (χ3n) is 2.88. The van der Waals surface area contributed by atoms with Crippen LogP contribution in [-0.4, -0.2) is 18.6 Å². The van der Waals surface area contributed by atoms with Gasteiger partial charge in [-0.15, -0.1) is 0 Å². The van der Waals surface area contributed by atoms with Crippen molar-refractivity contribution in [2.75, 3.05) is 13.5 Å². The molecule has 84 valence electrons. The van der Waals surface area contributed by atoms with Gasteiger partial charge in [-0.25, -0.2) is 0 Å². The maximum Gasteiger partial charge on any atom is 0.141 e. The van der Waals surface area contributed by atoms with E-state index in [0.29, 0.717) is 6.73 Å². The zero-order chi connectivity index (χ0) is 11.4. The summed E-state index contributed by atoms with van der Waals surface area (Å²) in [4.78, 5) is 0. The van der Waals surface area contributed by atoms with Crippen molar-refractivity contribution in [1.29, 1.82) is 0 Å². The smallest absolute Gasteiger partial charge is 0.141 e. The van der Waals surface area contributed by atoms with E-state index < -0.39 is 0 Å². The molecule has 0 heterocycles. The maximum absolute atomic E-state index is 8.58. The van der Waals surface area contributed by atoms with Crippen molar-refractivity contribution in [1.82, 2.24) is 5.32 Å². The molecule has 0 bridgehead atoms. The zero-order valence-electron chi connectivity index (χ0n) is 9.85. The van der Waals surface area contributed by atoms with Crippen LogP contribution in [0.2, 0.25) is 0 Å². The Balaban J connectivity index is 2.89. The Hall–Kier alpha value is -1.06. The van der Waals surface area contributed by atoms with Gasteiger partial charge in [-0.2, -0.15) is 0 Å². The van der Waals surface area contributed by atoms with Crippen LogP contribution in [0.4, 0.5) is 0 Å². The zero-order valence-corrected chi connectivity index (χ0v) is 9.85. The summed E-state index contributed by atoms with van der Waals surface area (Å²) in [5.41, 5.74) is 4.99. The van der Waals surface area contributed by atoms with E-state index in [2.05, 4.69) is 33.0 Å². The fraction of sp³-hybridized carbons (Fsp3) is 0.500. The Morgan fingerprint density at radius 1 is 1.13 bits per heavy atom. The van der Waals surface area contributed by atoms with Crippen LogP contribution in [0, 0.1) is 27.7 Å². The monoisotopic (exact) mass is 209 g/mol. The topological polar surface area (TPSA) is 41.5 Å². The minimum absolute atomic E-state index is 0.0666. The van der Waals surface area contributed by atoms with E-state index in [1.807, 2.05) is 6.07 Å². The molecule has 15 heavy (non-hydrogen) atoms. The second kappa shape index (κ2) is 5.14. The number of aliphatic hydroxyl groups is 1. The molecule has 0 aliphatic heterocycles. The highest BCUT2D eigenvalue weighted by atomic mass is 16.5. The Morgan fingerprint density at radius 3 is 2.40 bits per heavy atom. The molecule has 3 heteroatoms. The highest BCUT2D eigenvalue weighted by Gasteiger charge is 2.07. The fourth-order valence-electron chi connectivity index (χ4n) is 1.50.